The molecule has 1 unspecified atom stereocenters. The van der Waals surface area contributed by atoms with Gasteiger partial charge >= 0.3 is 6.03 Å². The van der Waals surface area contributed by atoms with E-state index in [-0.39, 0.29) is 11.9 Å². The van der Waals surface area contributed by atoms with Crippen LogP contribution in [0.3, 0.4) is 0 Å². The number of aldehydes is 1. The minimum absolute atomic E-state index is 0.113. The molecule has 0 N–H and O–H groups in total. The van der Waals surface area contributed by atoms with E-state index in [4.69, 9.17) is 4.74 Å². The lowest BCUT2D eigenvalue weighted by atomic mass is 9.96. The number of carbonyl (C=O) groups excluding carboxylic acids is 2. The maximum Gasteiger partial charge on any atom is 0.320 e. The normalized spacial score (nSPS) is 22.0. The highest BCUT2D eigenvalue weighted by molar-refractivity contribution is 5.75. The molecule has 0 spiro atoms. The molecule has 3 heterocycles. The highest BCUT2D eigenvalue weighted by atomic mass is 16.5. The van der Waals surface area contributed by atoms with Gasteiger partial charge in [-0.2, -0.15) is 5.10 Å². The SMILES string of the molecule is CC(C)(C=O)Cn1ccc(C2CCN(C(=O)N3CCOCC3)C2)n1. The molecule has 7 nitrogen and oxygen atoms in total. The van der Waals surface area contributed by atoms with Crippen molar-refractivity contribution in [2.45, 2.75) is 32.7 Å². The number of aromatic nitrogens is 2. The van der Waals surface area contributed by atoms with Crippen LogP contribution < -0.4 is 0 Å². The lowest BCUT2D eigenvalue weighted by Crippen LogP contribution is -2.47. The zero-order valence-corrected chi connectivity index (χ0v) is 14.5. The van der Waals surface area contributed by atoms with Gasteiger partial charge in [0.25, 0.3) is 0 Å². The monoisotopic (exact) mass is 334 g/mol. The van der Waals surface area contributed by atoms with E-state index >= 15 is 0 Å². The summed E-state index contributed by atoms with van der Waals surface area (Å²) in [5.74, 6) is 0.274. The van der Waals surface area contributed by atoms with Gasteiger partial charge in [-0.3, -0.25) is 4.68 Å². The summed E-state index contributed by atoms with van der Waals surface area (Å²) >= 11 is 0. The van der Waals surface area contributed by atoms with Crippen LogP contribution in [-0.2, 0) is 16.1 Å². The Labute approximate surface area is 142 Å². The van der Waals surface area contributed by atoms with E-state index in [9.17, 15) is 9.59 Å². The molecule has 1 atom stereocenters. The lowest BCUT2D eigenvalue weighted by Gasteiger charge is -2.30. The van der Waals surface area contributed by atoms with Gasteiger partial charge in [0, 0.05) is 43.7 Å². The third-order valence-electron chi connectivity index (χ3n) is 4.71. The van der Waals surface area contributed by atoms with Crippen molar-refractivity contribution in [2.75, 3.05) is 39.4 Å². The summed E-state index contributed by atoms with van der Waals surface area (Å²) in [6.45, 7) is 8.46. The molecule has 3 rings (SSSR count). The first kappa shape index (κ1) is 17.0. The maximum atomic E-state index is 12.5. The Morgan fingerprint density at radius 2 is 2.08 bits per heavy atom. The van der Waals surface area contributed by atoms with Crippen molar-refractivity contribution in [2.24, 2.45) is 5.41 Å². The van der Waals surface area contributed by atoms with Crippen LogP contribution in [0.2, 0.25) is 0 Å². The van der Waals surface area contributed by atoms with Crippen molar-refractivity contribution < 1.29 is 14.3 Å². The van der Waals surface area contributed by atoms with Crippen molar-refractivity contribution in [1.82, 2.24) is 19.6 Å². The third-order valence-corrected chi connectivity index (χ3v) is 4.71. The summed E-state index contributed by atoms with van der Waals surface area (Å²) in [7, 11) is 0. The van der Waals surface area contributed by atoms with Gasteiger partial charge in [-0.1, -0.05) is 13.8 Å². The quantitative estimate of drug-likeness (QED) is 0.780. The van der Waals surface area contributed by atoms with Gasteiger partial charge in [0.05, 0.1) is 25.5 Å². The van der Waals surface area contributed by atoms with Crippen molar-refractivity contribution in [3.8, 4) is 0 Å². The summed E-state index contributed by atoms with van der Waals surface area (Å²) in [6, 6.07) is 2.12. The second-order valence-corrected chi connectivity index (χ2v) is 7.36. The Morgan fingerprint density at radius 3 is 2.79 bits per heavy atom. The fourth-order valence-corrected chi connectivity index (χ4v) is 3.27. The number of hydrogen-bond donors (Lipinski definition) is 0. The molecule has 7 heteroatoms. The Morgan fingerprint density at radius 1 is 1.33 bits per heavy atom. The van der Waals surface area contributed by atoms with Crippen LogP contribution in [0.5, 0.6) is 0 Å². The maximum absolute atomic E-state index is 12.5. The smallest absolute Gasteiger partial charge is 0.320 e. The molecule has 0 bridgehead atoms. The molecule has 2 amide bonds. The van der Waals surface area contributed by atoms with Crippen molar-refractivity contribution in [3.05, 3.63) is 18.0 Å². The first-order valence-corrected chi connectivity index (χ1v) is 8.60. The number of rotatable bonds is 4. The molecular weight excluding hydrogens is 308 g/mol. The van der Waals surface area contributed by atoms with E-state index in [1.165, 1.54) is 0 Å². The molecule has 132 valence electrons. The number of hydrogen-bond acceptors (Lipinski definition) is 4. The van der Waals surface area contributed by atoms with E-state index in [0.29, 0.717) is 39.4 Å². The van der Waals surface area contributed by atoms with Gasteiger partial charge in [0.1, 0.15) is 6.29 Å². The first-order valence-electron chi connectivity index (χ1n) is 8.60. The molecule has 2 saturated heterocycles. The molecule has 0 aromatic carbocycles. The van der Waals surface area contributed by atoms with Crippen LogP contribution in [0, 0.1) is 5.41 Å². The molecule has 2 fully saturated rings. The first-order chi connectivity index (χ1) is 11.5. The summed E-state index contributed by atoms with van der Waals surface area (Å²) < 4.78 is 7.13. The second kappa shape index (κ2) is 6.93. The second-order valence-electron chi connectivity index (χ2n) is 7.36. The largest absolute Gasteiger partial charge is 0.378 e. The van der Waals surface area contributed by atoms with Crippen molar-refractivity contribution in [3.63, 3.8) is 0 Å². The van der Waals surface area contributed by atoms with Crippen LogP contribution in [0.25, 0.3) is 0 Å². The average molecular weight is 334 g/mol. The summed E-state index contributed by atoms with van der Waals surface area (Å²) in [5.41, 5.74) is 0.589. The topological polar surface area (TPSA) is 67.7 Å². The molecule has 24 heavy (non-hydrogen) atoms. The van der Waals surface area contributed by atoms with Gasteiger partial charge in [-0.25, -0.2) is 4.79 Å². The zero-order valence-electron chi connectivity index (χ0n) is 14.5. The van der Waals surface area contributed by atoms with E-state index in [0.717, 1.165) is 24.9 Å². The number of amides is 2. The molecule has 1 aromatic rings. The number of ether oxygens (including phenoxy) is 1. The van der Waals surface area contributed by atoms with E-state index in [1.807, 2.05) is 40.6 Å². The molecule has 0 radical (unpaired) electrons. The van der Waals surface area contributed by atoms with Gasteiger partial charge in [0.15, 0.2) is 0 Å². The van der Waals surface area contributed by atoms with Gasteiger partial charge in [-0.15, -0.1) is 0 Å². The van der Waals surface area contributed by atoms with E-state index < -0.39 is 5.41 Å². The summed E-state index contributed by atoms with van der Waals surface area (Å²) in [5, 5.41) is 4.62. The minimum atomic E-state index is -0.419. The fraction of sp³-hybridized carbons (Fsp3) is 0.706. The highest BCUT2D eigenvalue weighted by Crippen LogP contribution is 2.27. The number of urea groups is 1. The van der Waals surface area contributed by atoms with Crippen LogP contribution in [0.4, 0.5) is 4.79 Å². The third kappa shape index (κ3) is 3.77. The predicted octanol–water partition coefficient (Wildman–Crippen LogP) is 1.35. The number of likely N-dealkylation sites (tertiary alicyclic amines) is 1. The molecular formula is C17H26N4O3. The van der Waals surface area contributed by atoms with Crippen LogP contribution >= 0.6 is 0 Å². The molecule has 0 aliphatic carbocycles. The van der Waals surface area contributed by atoms with E-state index in [2.05, 4.69) is 5.10 Å². The fourth-order valence-electron chi connectivity index (χ4n) is 3.27. The summed E-state index contributed by atoms with van der Waals surface area (Å²) in [6.07, 6.45) is 3.82. The summed E-state index contributed by atoms with van der Waals surface area (Å²) in [4.78, 5) is 27.4. The minimum Gasteiger partial charge on any atom is -0.378 e. The zero-order chi connectivity index (χ0) is 17.2. The standard InChI is InChI=1S/C17H26N4O3/c1-17(2,13-22)12-21-6-4-15(18-21)14-3-5-20(11-14)16(23)19-7-9-24-10-8-19/h4,6,13-14H,3,5,7-12H2,1-2H3. The Balaban J connectivity index is 1.58. The molecule has 2 aliphatic heterocycles. The average Bonchev–Trinajstić information content (AvgIpc) is 3.24. The van der Waals surface area contributed by atoms with Crippen molar-refractivity contribution in [1.29, 1.82) is 0 Å². The van der Waals surface area contributed by atoms with Gasteiger partial charge < -0.3 is 19.3 Å². The molecule has 2 aliphatic rings. The number of morpholine rings is 1. The van der Waals surface area contributed by atoms with Gasteiger partial charge in [-0.05, 0) is 12.5 Å². The Bertz CT molecular complexity index is 592. The van der Waals surface area contributed by atoms with Crippen molar-refractivity contribution >= 4 is 12.3 Å². The predicted molar refractivity (Wildman–Crippen MR) is 88.8 cm³/mol. The Hall–Kier alpha value is -1.89. The van der Waals surface area contributed by atoms with E-state index in [1.54, 1.807) is 0 Å². The Kier molecular flexibility index (Phi) is 4.89. The molecule has 0 saturated carbocycles. The van der Waals surface area contributed by atoms with Crippen LogP contribution in [0.15, 0.2) is 12.3 Å². The molecule has 1 aromatic heterocycles. The lowest BCUT2D eigenvalue weighted by molar-refractivity contribution is -0.115. The van der Waals surface area contributed by atoms with Crippen LogP contribution in [0.1, 0.15) is 31.9 Å². The number of nitrogens with zero attached hydrogens (tertiary/aromatic N) is 4. The number of carbonyl (C=O) groups is 2. The highest BCUT2D eigenvalue weighted by Gasteiger charge is 2.32. The van der Waals surface area contributed by atoms with Gasteiger partial charge in [0.2, 0.25) is 0 Å². The van der Waals surface area contributed by atoms with Crippen LogP contribution in [-0.4, -0.2) is 71.3 Å².